The van der Waals surface area contributed by atoms with Crippen molar-refractivity contribution in [1.29, 1.82) is 0 Å². The summed E-state index contributed by atoms with van der Waals surface area (Å²) < 4.78 is 13.0. The smallest absolute Gasteiger partial charge is 0.226 e. The van der Waals surface area contributed by atoms with Crippen LogP contribution < -0.4 is 10.6 Å². The van der Waals surface area contributed by atoms with Gasteiger partial charge in [-0.2, -0.15) is 0 Å². The first-order valence-corrected chi connectivity index (χ1v) is 7.43. The van der Waals surface area contributed by atoms with Crippen LogP contribution in [0.2, 0.25) is 5.02 Å². The lowest BCUT2D eigenvalue weighted by molar-refractivity contribution is -0.115. The Morgan fingerprint density at radius 2 is 1.91 bits per heavy atom. The number of halogens is 2. The third-order valence-electron chi connectivity index (χ3n) is 3.15. The standard InChI is InChI=1S/C17H16ClFN2O2/c1-11(22)12-3-2-4-14(9-12)21-17(23)7-8-20-13-5-6-16(19)15(18)10-13/h2-6,9-10,20H,7-8H2,1H3,(H,21,23). The Morgan fingerprint density at radius 1 is 1.13 bits per heavy atom. The normalized spacial score (nSPS) is 10.2. The zero-order chi connectivity index (χ0) is 16.8. The molecule has 0 fully saturated rings. The Morgan fingerprint density at radius 3 is 2.61 bits per heavy atom. The van der Waals surface area contributed by atoms with Gasteiger partial charge >= 0.3 is 0 Å². The summed E-state index contributed by atoms with van der Waals surface area (Å²) in [5.74, 6) is -0.734. The number of carbonyl (C=O) groups is 2. The lowest BCUT2D eigenvalue weighted by Crippen LogP contribution is -2.16. The molecule has 0 saturated heterocycles. The summed E-state index contributed by atoms with van der Waals surface area (Å²) in [6.45, 7) is 1.85. The maximum absolute atomic E-state index is 13.0. The quantitative estimate of drug-likeness (QED) is 0.781. The second kappa shape index (κ2) is 7.74. The van der Waals surface area contributed by atoms with Gasteiger partial charge in [0.15, 0.2) is 5.78 Å². The molecule has 0 saturated carbocycles. The maximum Gasteiger partial charge on any atom is 0.226 e. The topological polar surface area (TPSA) is 58.2 Å². The van der Waals surface area contributed by atoms with Gasteiger partial charge in [0.05, 0.1) is 5.02 Å². The maximum atomic E-state index is 13.0. The Kier molecular flexibility index (Phi) is 5.71. The second-order valence-electron chi connectivity index (χ2n) is 4.99. The molecule has 0 aliphatic rings. The minimum atomic E-state index is -0.486. The van der Waals surface area contributed by atoms with Gasteiger partial charge in [-0.15, -0.1) is 0 Å². The zero-order valence-corrected chi connectivity index (χ0v) is 13.3. The van der Waals surface area contributed by atoms with E-state index in [1.165, 1.54) is 19.1 Å². The number of amides is 1. The molecule has 120 valence electrons. The van der Waals surface area contributed by atoms with Crippen LogP contribution in [0.1, 0.15) is 23.7 Å². The minimum Gasteiger partial charge on any atom is -0.384 e. The lowest BCUT2D eigenvalue weighted by atomic mass is 10.1. The fourth-order valence-corrected chi connectivity index (χ4v) is 2.15. The van der Waals surface area contributed by atoms with Crippen LogP contribution in [0.4, 0.5) is 15.8 Å². The van der Waals surface area contributed by atoms with Crippen LogP contribution >= 0.6 is 11.6 Å². The molecule has 2 aromatic carbocycles. The molecule has 2 aromatic rings. The largest absolute Gasteiger partial charge is 0.384 e. The number of hydrogen-bond acceptors (Lipinski definition) is 3. The summed E-state index contributed by atoms with van der Waals surface area (Å²) in [6.07, 6.45) is 0.222. The van der Waals surface area contributed by atoms with E-state index in [0.29, 0.717) is 23.5 Å². The van der Waals surface area contributed by atoms with Gasteiger partial charge in [-0.1, -0.05) is 23.7 Å². The van der Waals surface area contributed by atoms with Crippen LogP contribution in [0.25, 0.3) is 0 Å². The number of nitrogens with one attached hydrogen (secondary N) is 2. The van der Waals surface area contributed by atoms with E-state index in [1.54, 1.807) is 30.3 Å². The van der Waals surface area contributed by atoms with Gasteiger partial charge in [0.1, 0.15) is 5.82 Å². The predicted octanol–water partition coefficient (Wildman–Crippen LogP) is 4.12. The molecule has 0 bridgehead atoms. The van der Waals surface area contributed by atoms with E-state index < -0.39 is 5.82 Å². The van der Waals surface area contributed by atoms with Crippen molar-refractivity contribution >= 4 is 34.7 Å². The Balaban J connectivity index is 1.84. The molecule has 23 heavy (non-hydrogen) atoms. The predicted molar refractivity (Wildman–Crippen MR) is 89.6 cm³/mol. The van der Waals surface area contributed by atoms with Gasteiger partial charge in [0, 0.05) is 29.9 Å². The molecule has 4 nitrogen and oxygen atoms in total. The molecule has 1 amide bonds. The number of carbonyl (C=O) groups excluding carboxylic acids is 2. The van der Waals surface area contributed by atoms with Gasteiger partial charge in [-0.3, -0.25) is 9.59 Å². The highest BCUT2D eigenvalue weighted by Gasteiger charge is 2.05. The minimum absolute atomic E-state index is 0.0282. The zero-order valence-electron chi connectivity index (χ0n) is 12.5. The van der Waals surface area contributed by atoms with Gasteiger partial charge < -0.3 is 10.6 Å². The Labute approximate surface area is 138 Å². The van der Waals surface area contributed by atoms with Crippen molar-refractivity contribution < 1.29 is 14.0 Å². The number of rotatable bonds is 6. The molecule has 2 N–H and O–H groups in total. The fraction of sp³-hybridized carbons (Fsp3) is 0.176. The van der Waals surface area contributed by atoms with Crippen LogP contribution in [0, 0.1) is 5.82 Å². The summed E-state index contributed by atoms with van der Waals surface area (Å²) in [5, 5.41) is 5.75. The summed E-state index contributed by atoms with van der Waals surface area (Å²) in [7, 11) is 0. The molecular weight excluding hydrogens is 319 g/mol. The molecule has 0 radical (unpaired) electrons. The molecule has 0 spiro atoms. The van der Waals surface area contributed by atoms with Gasteiger partial charge in [0.2, 0.25) is 5.91 Å². The van der Waals surface area contributed by atoms with E-state index in [1.807, 2.05) is 0 Å². The van der Waals surface area contributed by atoms with Crippen molar-refractivity contribution in [3.8, 4) is 0 Å². The first-order chi connectivity index (χ1) is 11.0. The van der Waals surface area contributed by atoms with Crippen molar-refractivity contribution in [3.05, 3.63) is 58.9 Å². The van der Waals surface area contributed by atoms with E-state index in [-0.39, 0.29) is 23.1 Å². The van der Waals surface area contributed by atoms with E-state index in [2.05, 4.69) is 10.6 Å². The number of ketones is 1. The Hall–Kier alpha value is -2.40. The molecule has 0 aliphatic carbocycles. The van der Waals surface area contributed by atoms with Crippen LogP contribution in [0.5, 0.6) is 0 Å². The molecule has 0 atom stereocenters. The van der Waals surface area contributed by atoms with Crippen LogP contribution in [-0.2, 0) is 4.79 Å². The summed E-state index contributed by atoms with van der Waals surface area (Å²) >= 11 is 5.68. The fourth-order valence-electron chi connectivity index (χ4n) is 1.97. The highest BCUT2D eigenvalue weighted by molar-refractivity contribution is 6.31. The van der Waals surface area contributed by atoms with Gasteiger partial charge in [0.25, 0.3) is 0 Å². The number of Topliss-reactive ketones (excluding diaryl/α,β-unsaturated/α-hetero) is 1. The molecule has 6 heteroatoms. The molecule has 0 aliphatic heterocycles. The van der Waals surface area contributed by atoms with E-state index in [0.717, 1.165) is 0 Å². The average molecular weight is 335 g/mol. The molecular formula is C17H16ClFN2O2. The van der Waals surface area contributed by atoms with Crippen LogP contribution in [-0.4, -0.2) is 18.2 Å². The van der Waals surface area contributed by atoms with Crippen LogP contribution in [0.3, 0.4) is 0 Å². The summed E-state index contributed by atoms with van der Waals surface area (Å²) in [6, 6.07) is 11.0. The first-order valence-electron chi connectivity index (χ1n) is 7.05. The van der Waals surface area contributed by atoms with E-state index in [9.17, 15) is 14.0 Å². The highest BCUT2D eigenvalue weighted by Crippen LogP contribution is 2.19. The molecule has 0 aromatic heterocycles. The molecule has 0 unspecified atom stereocenters. The van der Waals surface area contributed by atoms with Crippen molar-refractivity contribution in [2.75, 3.05) is 17.2 Å². The van der Waals surface area contributed by atoms with Crippen molar-refractivity contribution in [1.82, 2.24) is 0 Å². The Bertz CT molecular complexity index is 734. The SMILES string of the molecule is CC(=O)c1cccc(NC(=O)CCNc2ccc(F)c(Cl)c2)c1. The van der Waals surface area contributed by atoms with Crippen molar-refractivity contribution in [2.45, 2.75) is 13.3 Å². The van der Waals surface area contributed by atoms with Crippen molar-refractivity contribution in [3.63, 3.8) is 0 Å². The number of benzene rings is 2. The van der Waals surface area contributed by atoms with Crippen molar-refractivity contribution in [2.24, 2.45) is 0 Å². The monoisotopic (exact) mass is 334 g/mol. The first kappa shape index (κ1) is 17.0. The highest BCUT2D eigenvalue weighted by atomic mass is 35.5. The summed E-state index contributed by atoms with van der Waals surface area (Å²) in [4.78, 5) is 23.2. The number of hydrogen-bond donors (Lipinski definition) is 2. The van der Waals surface area contributed by atoms with Crippen LogP contribution in [0.15, 0.2) is 42.5 Å². The third-order valence-corrected chi connectivity index (χ3v) is 3.44. The van der Waals surface area contributed by atoms with E-state index in [4.69, 9.17) is 11.6 Å². The van der Waals surface area contributed by atoms with Gasteiger partial charge in [-0.25, -0.2) is 4.39 Å². The van der Waals surface area contributed by atoms with Gasteiger partial charge in [-0.05, 0) is 37.3 Å². The molecule has 0 heterocycles. The number of anilines is 2. The molecule has 2 rings (SSSR count). The second-order valence-corrected chi connectivity index (χ2v) is 5.40. The van der Waals surface area contributed by atoms with E-state index >= 15 is 0 Å². The third kappa shape index (κ3) is 5.07. The average Bonchev–Trinajstić information content (AvgIpc) is 2.51. The summed E-state index contributed by atoms with van der Waals surface area (Å²) in [5.41, 5.74) is 1.76. The lowest BCUT2D eigenvalue weighted by Gasteiger charge is -2.08.